The van der Waals surface area contributed by atoms with Crippen LogP contribution in [-0.4, -0.2) is 54.0 Å². The van der Waals surface area contributed by atoms with Gasteiger partial charge in [-0.05, 0) is 80.6 Å². The number of aromatic nitrogens is 1. The van der Waals surface area contributed by atoms with Crippen LogP contribution in [0.3, 0.4) is 0 Å². The molecule has 0 radical (unpaired) electrons. The number of hydrogen-bond acceptors (Lipinski definition) is 4. The zero-order valence-electron chi connectivity index (χ0n) is 20.5. The first-order valence-electron chi connectivity index (χ1n) is 12.1. The predicted octanol–water partition coefficient (Wildman–Crippen LogP) is 4.99. The molecule has 1 aliphatic heterocycles. The van der Waals surface area contributed by atoms with Crippen LogP contribution in [0.5, 0.6) is 5.75 Å². The fourth-order valence-electron chi connectivity index (χ4n) is 4.93. The van der Waals surface area contributed by atoms with Gasteiger partial charge in [0, 0.05) is 25.8 Å². The molecule has 0 bridgehead atoms. The van der Waals surface area contributed by atoms with Crippen LogP contribution in [-0.2, 0) is 13.0 Å². The average Bonchev–Trinajstić information content (AvgIpc) is 2.89. The van der Waals surface area contributed by atoms with Crippen molar-refractivity contribution in [3.05, 3.63) is 95.3 Å². The number of amides is 1. The van der Waals surface area contributed by atoms with Crippen molar-refractivity contribution in [1.82, 2.24) is 14.8 Å². The van der Waals surface area contributed by atoms with Gasteiger partial charge in [-0.1, -0.05) is 48.0 Å². The van der Waals surface area contributed by atoms with Crippen molar-refractivity contribution in [3.8, 4) is 5.75 Å². The van der Waals surface area contributed by atoms with E-state index < -0.39 is 0 Å². The molecule has 0 saturated carbocycles. The largest absolute Gasteiger partial charge is 0.497 e. The first-order valence-corrected chi connectivity index (χ1v) is 12.1. The van der Waals surface area contributed by atoms with Crippen LogP contribution < -0.4 is 4.74 Å². The Kier molecular flexibility index (Phi) is 7.96. The Hall–Kier alpha value is -3.18. The number of likely N-dealkylation sites (tertiary alicyclic amines) is 1. The molecule has 5 nitrogen and oxygen atoms in total. The maximum Gasteiger partial charge on any atom is 0.272 e. The highest BCUT2D eigenvalue weighted by Crippen LogP contribution is 2.28. The highest BCUT2D eigenvalue weighted by Gasteiger charge is 2.32. The van der Waals surface area contributed by atoms with Crippen LogP contribution >= 0.6 is 0 Å². The Bertz CT molecular complexity index is 1060. The van der Waals surface area contributed by atoms with E-state index >= 15 is 0 Å². The number of methoxy groups -OCH3 is 1. The lowest BCUT2D eigenvalue weighted by Gasteiger charge is -2.40. The van der Waals surface area contributed by atoms with E-state index in [1.165, 1.54) is 16.7 Å². The number of pyridine rings is 1. The molecule has 5 heteroatoms. The number of aryl methyl sites for hydroxylation is 1. The monoisotopic (exact) mass is 457 g/mol. The molecule has 1 aromatic heterocycles. The van der Waals surface area contributed by atoms with Crippen molar-refractivity contribution in [3.63, 3.8) is 0 Å². The van der Waals surface area contributed by atoms with Gasteiger partial charge in [-0.3, -0.25) is 14.7 Å². The number of rotatable bonds is 8. The summed E-state index contributed by atoms with van der Waals surface area (Å²) in [5.74, 6) is 1.26. The van der Waals surface area contributed by atoms with E-state index in [1.54, 1.807) is 19.4 Å². The fourth-order valence-corrected chi connectivity index (χ4v) is 4.93. The van der Waals surface area contributed by atoms with Gasteiger partial charge in [-0.15, -0.1) is 0 Å². The summed E-state index contributed by atoms with van der Waals surface area (Å²) < 4.78 is 5.44. The molecule has 0 spiro atoms. The van der Waals surface area contributed by atoms with Gasteiger partial charge >= 0.3 is 0 Å². The standard InChI is InChI=1S/C29H35N3O2/c1-22-10-12-23(13-11-22)21-32-17-14-25(15-18-32)28(20-24-7-6-8-26(19-24)34-3)31(2)29(33)27-9-4-5-16-30-27/h4-13,16,19,25,28H,14-15,17-18,20-21H2,1-3H3. The SMILES string of the molecule is COc1cccc(CC(C2CCN(Cc3ccc(C)cc3)CC2)N(C)C(=O)c2ccccn2)c1. The lowest BCUT2D eigenvalue weighted by atomic mass is 9.84. The summed E-state index contributed by atoms with van der Waals surface area (Å²) in [5.41, 5.74) is 4.34. The normalized spacial score (nSPS) is 15.6. The average molecular weight is 458 g/mol. The van der Waals surface area contributed by atoms with Crippen LogP contribution in [0.15, 0.2) is 72.9 Å². The quantitative estimate of drug-likeness (QED) is 0.478. The summed E-state index contributed by atoms with van der Waals surface area (Å²) in [4.78, 5) is 22.1. The van der Waals surface area contributed by atoms with Gasteiger partial charge in [0.2, 0.25) is 0 Å². The van der Waals surface area contributed by atoms with Gasteiger partial charge in [0.05, 0.1) is 7.11 Å². The number of piperidine rings is 1. The van der Waals surface area contributed by atoms with Gasteiger partial charge in [0.25, 0.3) is 5.91 Å². The van der Waals surface area contributed by atoms with E-state index in [0.717, 1.165) is 44.6 Å². The number of hydrogen-bond donors (Lipinski definition) is 0. The molecule has 1 fully saturated rings. The number of carbonyl (C=O) groups excluding carboxylic acids is 1. The van der Waals surface area contributed by atoms with E-state index in [9.17, 15) is 4.79 Å². The molecule has 2 heterocycles. The smallest absolute Gasteiger partial charge is 0.272 e. The molecular formula is C29H35N3O2. The van der Waals surface area contributed by atoms with Gasteiger partial charge < -0.3 is 9.64 Å². The molecular weight excluding hydrogens is 422 g/mol. The molecule has 1 aliphatic rings. The summed E-state index contributed by atoms with van der Waals surface area (Å²) in [5, 5.41) is 0. The third-order valence-electron chi connectivity index (χ3n) is 6.98. The summed E-state index contributed by atoms with van der Waals surface area (Å²) in [6, 6.07) is 22.6. The zero-order valence-corrected chi connectivity index (χ0v) is 20.5. The Morgan fingerprint density at radius 3 is 2.50 bits per heavy atom. The third kappa shape index (κ3) is 6.03. The number of benzene rings is 2. The molecule has 1 amide bonds. The third-order valence-corrected chi connectivity index (χ3v) is 6.98. The minimum Gasteiger partial charge on any atom is -0.497 e. The lowest BCUT2D eigenvalue weighted by molar-refractivity contribution is 0.0579. The summed E-state index contributed by atoms with van der Waals surface area (Å²) in [6.45, 7) is 5.19. The Morgan fingerprint density at radius 1 is 1.06 bits per heavy atom. The molecule has 1 saturated heterocycles. The van der Waals surface area contributed by atoms with Gasteiger partial charge in [-0.2, -0.15) is 0 Å². The maximum atomic E-state index is 13.3. The van der Waals surface area contributed by atoms with Crippen LogP contribution in [0, 0.1) is 12.8 Å². The fraction of sp³-hybridized carbons (Fsp3) is 0.379. The molecule has 34 heavy (non-hydrogen) atoms. The van der Waals surface area contributed by atoms with Crippen molar-refractivity contribution in [2.75, 3.05) is 27.2 Å². The molecule has 1 atom stereocenters. The first kappa shape index (κ1) is 24.0. The summed E-state index contributed by atoms with van der Waals surface area (Å²) in [6.07, 6.45) is 4.62. The van der Waals surface area contributed by atoms with Gasteiger partial charge in [0.1, 0.15) is 11.4 Å². The maximum absolute atomic E-state index is 13.3. The number of nitrogens with zero attached hydrogens (tertiary/aromatic N) is 3. The van der Waals surface area contributed by atoms with Gasteiger partial charge in [0.15, 0.2) is 0 Å². The number of likely N-dealkylation sites (N-methyl/N-ethyl adjacent to an activating group) is 1. The van der Waals surface area contributed by atoms with Crippen molar-refractivity contribution in [1.29, 1.82) is 0 Å². The molecule has 2 aromatic carbocycles. The van der Waals surface area contributed by atoms with Crippen LogP contribution in [0.4, 0.5) is 0 Å². The van der Waals surface area contributed by atoms with Crippen molar-refractivity contribution >= 4 is 5.91 Å². The second-order valence-electron chi connectivity index (χ2n) is 9.35. The lowest BCUT2D eigenvalue weighted by Crippen LogP contribution is -2.47. The molecule has 1 unspecified atom stereocenters. The van der Waals surface area contributed by atoms with E-state index in [4.69, 9.17) is 4.74 Å². The van der Waals surface area contributed by atoms with E-state index in [0.29, 0.717) is 11.6 Å². The van der Waals surface area contributed by atoms with Crippen molar-refractivity contribution in [2.45, 2.75) is 38.8 Å². The highest BCUT2D eigenvalue weighted by atomic mass is 16.5. The molecule has 0 N–H and O–H groups in total. The molecule has 4 rings (SSSR count). The Morgan fingerprint density at radius 2 is 1.82 bits per heavy atom. The zero-order chi connectivity index (χ0) is 23.9. The summed E-state index contributed by atoms with van der Waals surface area (Å²) >= 11 is 0. The Balaban J connectivity index is 1.48. The molecule has 0 aliphatic carbocycles. The number of carbonyl (C=O) groups is 1. The predicted molar refractivity (Wildman–Crippen MR) is 136 cm³/mol. The van der Waals surface area contributed by atoms with E-state index in [2.05, 4.69) is 53.2 Å². The molecule has 178 valence electrons. The second-order valence-corrected chi connectivity index (χ2v) is 9.35. The Labute approximate surface area is 203 Å². The van der Waals surface area contributed by atoms with E-state index in [-0.39, 0.29) is 11.9 Å². The van der Waals surface area contributed by atoms with Crippen LogP contribution in [0.1, 0.15) is 40.0 Å². The second kappa shape index (κ2) is 11.3. The summed E-state index contributed by atoms with van der Waals surface area (Å²) in [7, 11) is 3.62. The van der Waals surface area contributed by atoms with Crippen LogP contribution in [0.2, 0.25) is 0 Å². The van der Waals surface area contributed by atoms with E-state index in [1.807, 2.05) is 36.2 Å². The topological polar surface area (TPSA) is 45.7 Å². The highest BCUT2D eigenvalue weighted by molar-refractivity contribution is 5.92. The minimum atomic E-state index is -0.0180. The van der Waals surface area contributed by atoms with Gasteiger partial charge in [-0.25, -0.2) is 0 Å². The number of ether oxygens (including phenoxy) is 1. The van der Waals surface area contributed by atoms with Crippen molar-refractivity contribution < 1.29 is 9.53 Å². The van der Waals surface area contributed by atoms with Crippen LogP contribution in [0.25, 0.3) is 0 Å². The first-order chi connectivity index (χ1) is 16.5. The minimum absolute atomic E-state index is 0.0180. The van der Waals surface area contributed by atoms with Crippen molar-refractivity contribution in [2.24, 2.45) is 5.92 Å². The molecule has 3 aromatic rings.